The Morgan fingerprint density at radius 1 is 1.12 bits per heavy atom. The van der Waals surface area contributed by atoms with Crippen LogP contribution in [0.25, 0.3) is 0 Å². The minimum absolute atomic E-state index is 0.148. The summed E-state index contributed by atoms with van der Waals surface area (Å²) in [6, 6.07) is 0.148. The van der Waals surface area contributed by atoms with Gasteiger partial charge in [0.1, 0.15) is 0 Å². The van der Waals surface area contributed by atoms with Gasteiger partial charge in [-0.15, -0.1) is 10.2 Å². The maximum atomic E-state index is 5.72. The van der Waals surface area contributed by atoms with Gasteiger partial charge in [-0.05, 0) is 26.3 Å². The van der Waals surface area contributed by atoms with Gasteiger partial charge in [-0.3, -0.25) is 0 Å². The minimum atomic E-state index is 0.148. The molecule has 1 aromatic heterocycles. The van der Waals surface area contributed by atoms with Gasteiger partial charge in [-0.2, -0.15) is 0 Å². The van der Waals surface area contributed by atoms with Crippen LogP contribution < -0.4 is 5.32 Å². The van der Waals surface area contributed by atoms with Crippen molar-refractivity contribution in [1.82, 2.24) is 15.5 Å². The molecule has 1 rings (SSSR count). The smallest absolute Gasteiger partial charge is 0.233 e. The number of nitrogens with one attached hydrogen (secondary N) is 1. The van der Waals surface area contributed by atoms with Crippen molar-refractivity contribution in [1.29, 1.82) is 0 Å². The first-order valence-electron chi connectivity index (χ1n) is 6.75. The zero-order chi connectivity index (χ0) is 12.7. The summed E-state index contributed by atoms with van der Waals surface area (Å²) in [5, 5.41) is 11.6. The van der Waals surface area contributed by atoms with E-state index in [4.69, 9.17) is 4.42 Å². The second-order valence-electron chi connectivity index (χ2n) is 4.70. The van der Waals surface area contributed by atoms with Crippen LogP contribution >= 0.6 is 0 Å². The Bertz CT molecular complexity index is 283. The Morgan fingerprint density at radius 3 is 2.47 bits per heavy atom. The van der Waals surface area contributed by atoms with Gasteiger partial charge in [0.2, 0.25) is 11.8 Å². The summed E-state index contributed by atoms with van der Waals surface area (Å²) in [5.74, 6) is 1.85. The topological polar surface area (TPSA) is 51.0 Å². The third-order valence-electron chi connectivity index (χ3n) is 2.94. The van der Waals surface area contributed by atoms with E-state index >= 15 is 0 Å². The van der Waals surface area contributed by atoms with Crippen LogP contribution in [-0.2, 0) is 0 Å². The van der Waals surface area contributed by atoms with E-state index in [0.29, 0.717) is 11.8 Å². The normalized spacial score (nSPS) is 14.8. The average molecular weight is 239 g/mol. The van der Waals surface area contributed by atoms with Gasteiger partial charge >= 0.3 is 0 Å². The molecule has 0 saturated carbocycles. The molecule has 2 atom stereocenters. The van der Waals surface area contributed by atoms with Crippen molar-refractivity contribution >= 4 is 0 Å². The molecule has 1 aromatic rings. The maximum absolute atomic E-state index is 5.72. The standard InChI is InChI=1S/C13H25N3O/c1-5-7-8-10(3)12-15-16-13(17-12)11(4)14-9-6-2/h10-11,14H,5-9H2,1-4H3. The maximum Gasteiger partial charge on any atom is 0.233 e. The summed E-state index contributed by atoms with van der Waals surface area (Å²) in [6.07, 6.45) is 4.65. The first-order valence-corrected chi connectivity index (χ1v) is 6.75. The first kappa shape index (κ1) is 14.2. The second-order valence-corrected chi connectivity index (χ2v) is 4.70. The number of hydrogen-bond donors (Lipinski definition) is 1. The van der Waals surface area contributed by atoms with Crippen molar-refractivity contribution in [2.24, 2.45) is 0 Å². The van der Waals surface area contributed by atoms with E-state index in [2.05, 4.69) is 43.2 Å². The van der Waals surface area contributed by atoms with Crippen molar-refractivity contribution in [3.63, 3.8) is 0 Å². The molecule has 0 aliphatic rings. The van der Waals surface area contributed by atoms with Gasteiger partial charge in [0.15, 0.2) is 0 Å². The molecule has 0 saturated heterocycles. The Balaban J connectivity index is 2.51. The van der Waals surface area contributed by atoms with Crippen LogP contribution in [0.3, 0.4) is 0 Å². The molecule has 4 heteroatoms. The molecule has 1 heterocycles. The summed E-state index contributed by atoms with van der Waals surface area (Å²) in [5.41, 5.74) is 0. The lowest BCUT2D eigenvalue weighted by molar-refractivity contribution is 0.372. The largest absolute Gasteiger partial charge is 0.423 e. The number of aromatic nitrogens is 2. The Kier molecular flexibility index (Phi) is 6.19. The lowest BCUT2D eigenvalue weighted by Crippen LogP contribution is -2.19. The predicted octanol–water partition coefficient (Wildman–Crippen LogP) is 3.42. The molecular formula is C13H25N3O. The molecule has 0 spiro atoms. The van der Waals surface area contributed by atoms with Crippen molar-refractivity contribution in [2.75, 3.05) is 6.54 Å². The van der Waals surface area contributed by atoms with E-state index in [0.717, 1.165) is 25.3 Å². The van der Waals surface area contributed by atoms with Gasteiger partial charge in [0, 0.05) is 5.92 Å². The summed E-state index contributed by atoms with van der Waals surface area (Å²) in [6.45, 7) is 9.53. The number of unbranched alkanes of at least 4 members (excludes halogenated alkanes) is 1. The van der Waals surface area contributed by atoms with E-state index in [-0.39, 0.29) is 6.04 Å². The highest BCUT2D eigenvalue weighted by Crippen LogP contribution is 2.21. The summed E-state index contributed by atoms with van der Waals surface area (Å²) in [4.78, 5) is 0. The van der Waals surface area contributed by atoms with E-state index in [9.17, 15) is 0 Å². The zero-order valence-corrected chi connectivity index (χ0v) is 11.5. The molecule has 2 unspecified atom stereocenters. The summed E-state index contributed by atoms with van der Waals surface area (Å²) in [7, 11) is 0. The third-order valence-corrected chi connectivity index (χ3v) is 2.94. The second kappa shape index (κ2) is 7.43. The molecule has 0 radical (unpaired) electrons. The van der Waals surface area contributed by atoms with Crippen molar-refractivity contribution in [3.05, 3.63) is 11.8 Å². The lowest BCUT2D eigenvalue weighted by atomic mass is 10.1. The molecular weight excluding hydrogens is 214 g/mol. The number of rotatable bonds is 8. The van der Waals surface area contributed by atoms with Gasteiger partial charge in [-0.25, -0.2) is 0 Å². The zero-order valence-electron chi connectivity index (χ0n) is 11.5. The van der Waals surface area contributed by atoms with Gasteiger partial charge in [0.05, 0.1) is 6.04 Å². The third kappa shape index (κ3) is 4.46. The first-order chi connectivity index (χ1) is 8.19. The van der Waals surface area contributed by atoms with Crippen LogP contribution in [0.15, 0.2) is 4.42 Å². The monoisotopic (exact) mass is 239 g/mol. The van der Waals surface area contributed by atoms with E-state index in [1.54, 1.807) is 0 Å². The molecule has 0 fully saturated rings. The summed E-state index contributed by atoms with van der Waals surface area (Å²) >= 11 is 0. The molecule has 0 aromatic carbocycles. The van der Waals surface area contributed by atoms with Crippen LogP contribution in [0, 0.1) is 0 Å². The van der Waals surface area contributed by atoms with Crippen molar-refractivity contribution in [3.8, 4) is 0 Å². The fraction of sp³-hybridized carbons (Fsp3) is 0.846. The number of nitrogens with zero attached hydrogens (tertiary/aromatic N) is 2. The van der Waals surface area contributed by atoms with Gasteiger partial charge in [0.25, 0.3) is 0 Å². The van der Waals surface area contributed by atoms with Crippen molar-refractivity contribution in [2.45, 2.75) is 65.3 Å². The average Bonchev–Trinajstić information content (AvgIpc) is 2.82. The fourth-order valence-corrected chi connectivity index (χ4v) is 1.70. The van der Waals surface area contributed by atoms with E-state index in [1.165, 1.54) is 12.8 Å². The highest BCUT2D eigenvalue weighted by Gasteiger charge is 2.16. The van der Waals surface area contributed by atoms with Crippen LogP contribution in [0.1, 0.15) is 77.1 Å². The van der Waals surface area contributed by atoms with Crippen molar-refractivity contribution < 1.29 is 4.42 Å². The predicted molar refractivity (Wildman–Crippen MR) is 68.9 cm³/mol. The molecule has 17 heavy (non-hydrogen) atoms. The van der Waals surface area contributed by atoms with Gasteiger partial charge < -0.3 is 9.73 Å². The molecule has 0 aliphatic heterocycles. The van der Waals surface area contributed by atoms with E-state index < -0.39 is 0 Å². The van der Waals surface area contributed by atoms with Crippen LogP contribution in [-0.4, -0.2) is 16.7 Å². The lowest BCUT2D eigenvalue weighted by Gasteiger charge is -2.08. The molecule has 98 valence electrons. The quantitative estimate of drug-likeness (QED) is 0.755. The Morgan fingerprint density at radius 2 is 1.82 bits per heavy atom. The van der Waals surface area contributed by atoms with Crippen LogP contribution in [0.5, 0.6) is 0 Å². The molecule has 4 nitrogen and oxygen atoms in total. The Labute approximate surface area is 104 Å². The number of hydrogen-bond acceptors (Lipinski definition) is 4. The summed E-state index contributed by atoms with van der Waals surface area (Å²) < 4.78 is 5.72. The van der Waals surface area contributed by atoms with Crippen LogP contribution in [0.4, 0.5) is 0 Å². The molecule has 0 bridgehead atoms. The highest BCUT2D eigenvalue weighted by atomic mass is 16.4. The fourth-order valence-electron chi connectivity index (χ4n) is 1.70. The van der Waals surface area contributed by atoms with Crippen LogP contribution in [0.2, 0.25) is 0 Å². The SMILES string of the molecule is CCCCC(C)c1nnc(C(C)NCCC)o1. The minimum Gasteiger partial charge on any atom is -0.423 e. The molecule has 0 aliphatic carbocycles. The van der Waals surface area contributed by atoms with E-state index in [1.807, 2.05) is 0 Å². The highest BCUT2D eigenvalue weighted by molar-refractivity contribution is 4.92. The Hall–Kier alpha value is -0.900. The molecule has 1 N–H and O–H groups in total. The molecule has 0 amide bonds. The van der Waals surface area contributed by atoms with Gasteiger partial charge in [-0.1, -0.05) is 33.6 Å².